The molecule has 5 heteroatoms. The van der Waals surface area contributed by atoms with Crippen LogP contribution >= 0.6 is 15.9 Å². The molecule has 1 aliphatic rings. The summed E-state index contributed by atoms with van der Waals surface area (Å²) < 4.78 is 6.16. The third-order valence-corrected chi connectivity index (χ3v) is 4.03. The number of nitrogens with one attached hydrogen (secondary N) is 1. The average Bonchev–Trinajstić information content (AvgIpc) is 3.31. The van der Waals surface area contributed by atoms with E-state index in [1.165, 1.54) is 12.8 Å². The van der Waals surface area contributed by atoms with Gasteiger partial charge in [-0.3, -0.25) is 0 Å². The Morgan fingerprint density at radius 3 is 2.65 bits per heavy atom. The van der Waals surface area contributed by atoms with Crippen LogP contribution in [-0.4, -0.2) is 24.1 Å². The molecule has 1 fully saturated rings. The number of nitrogens with zero attached hydrogens (tertiary/aromatic N) is 2. The summed E-state index contributed by atoms with van der Waals surface area (Å²) in [6.45, 7) is 0. The van der Waals surface area contributed by atoms with E-state index in [0.717, 1.165) is 33.1 Å². The highest BCUT2D eigenvalue weighted by molar-refractivity contribution is 9.10. The van der Waals surface area contributed by atoms with E-state index < -0.39 is 0 Å². The first-order valence-electron chi connectivity index (χ1n) is 6.62. The molecular formula is C15H16BrN3O. The van der Waals surface area contributed by atoms with Crippen LogP contribution in [0.3, 0.4) is 0 Å². The van der Waals surface area contributed by atoms with E-state index in [1.807, 2.05) is 31.3 Å². The van der Waals surface area contributed by atoms with Crippen molar-refractivity contribution in [1.29, 1.82) is 0 Å². The van der Waals surface area contributed by atoms with Crippen molar-refractivity contribution in [2.24, 2.45) is 0 Å². The number of hydrogen-bond donors (Lipinski definition) is 1. The van der Waals surface area contributed by atoms with Gasteiger partial charge < -0.3 is 10.1 Å². The fraction of sp³-hybridized carbons (Fsp3) is 0.333. The van der Waals surface area contributed by atoms with Crippen LogP contribution in [0.1, 0.15) is 24.5 Å². The summed E-state index contributed by atoms with van der Waals surface area (Å²) in [6, 6.07) is 7.94. The summed E-state index contributed by atoms with van der Waals surface area (Å²) >= 11 is 3.50. The Hall–Kier alpha value is -1.62. The number of ether oxygens (including phenoxy) is 1. The van der Waals surface area contributed by atoms with Gasteiger partial charge in [-0.05, 0) is 47.0 Å². The summed E-state index contributed by atoms with van der Waals surface area (Å²) in [5, 5.41) is 3.11. The third kappa shape index (κ3) is 2.63. The van der Waals surface area contributed by atoms with Gasteiger partial charge in [-0.2, -0.15) is 0 Å². The predicted octanol–water partition coefficient (Wildman–Crippen LogP) is 3.83. The molecule has 0 unspecified atom stereocenters. The zero-order valence-electron chi connectivity index (χ0n) is 11.5. The molecular weight excluding hydrogens is 318 g/mol. The minimum atomic E-state index is 0.602. The Bertz CT molecular complexity index is 641. The van der Waals surface area contributed by atoms with Gasteiger partial charge in [0.05, 0.1) is 11.6 Å². The lowest BCUT2D eigenvalue weighted by Gasteiger charge is -2.09. The van der Waals surface area contributed by atoms with Crippen LogP contribution in [0, 0.1) is 0 Å². The molecule has 0 spiro atoms. The zero-order valence-corrected chi connectivity index (χ0v) is 13.1. The van der Waals surface area contributed by atoms with Crippen LogP contribution in [0.15, 0.2) is 28.7 Å². The summed E-state index contributed by atoms with van der Waals surface area (Å²) in [5.41, 5.74) is 2.11. The molecule has 1 aliphatic carbocycles. The molecule has 1 aromatic heterocycles. The van der Waals surface area contributed by atoms with Crippen molar-refractivity contribution >= 4 is 21.7 Å². The fourth-order valence-electron chi connectivity index (χ4n) is 2.12. The second-order valence-electron chi connectivity index (χ2n) is 4.88. The Kier molecular flexibility index (Phi) is 3.61. The molecule has 3 rings (SSSR count). The van der Waals surface area contributed by atoms with Crippen molar-refractivity contribution in [2.45, 2.75) is 18.8 Å². The van der Waals surface area contributed by atoms with E-state index in [2.05, 4.69) is 26.2 Å². The molecule has 0 aliphatic heterocycles. The maximum Gasteiger partial charge on any atom is 0.161 e. The molecule has 1 saturated carbocycles. The van der Waals surface area contributed by atoms with E-state index >= 15 is 0 Å². The molecule has 1 N–H and O–H groups in total. The van der Waals surface area contributed by atoms with Crippen molar-refractivity contribution in [3.8, 4) is 17.1 Å². The van der Waals surface area contributed by atoms with E-state index in [1.54, 1.807) is 7.11 Å². The highest BCUT2D eigenvalue weighted by Gasteiger charge is 2.26. The van der Waals surface area contributed by atoms with Crippen molar-refractivity contribution < 1.29 is 4.74 Å². The molecule has 104 valence electrons. The summed E-state index contributed by atoms with van der Waals surface area (Å²) in [5.74, 6) is 3.03. The Morgan fingerprint density at radius 2 is 2.05 bits per heavy atom. The van der Waals surface area contributed by atoms with Gasteiger partial charge in [-0.25, -0.2) is 9.97 Å². The molecule has 2 aromatic rings. The van der Waals surface area contributed by atoms with Crippen LogP contribution < -0.4 is 10.1 Å². The van der Waals surface area contributed by atoms with E-state index in [-0.39, 0.29) is 0 Å². The van der Waals surface area contributed by atoms with E-state index in [9.17, 15) is 0 Å². The topological polar surface area (TPSA) is 47.0 Å². The number of benzene rings is 1. The number of hydrogen-bond acceptors (Lipinski definition) is 4. The quantitative estimate of drug-likeness (QED) is 0.923. The van der Waals surface area contributed by atoms with Crippen molar-refractivity contribution in [3.05, 3.63) is 34.4 Å². The van der Waals surface area contributed by atoms with E-state index in [4.69, 9.17) is 9.72 Å². The third-order valence-electron chi connectivity index (χ3n) is 3.41. The van der Waals surface area contributed by atoms with E-state index in [0.29, 0.717) is 5.92 Å². The normalized spacial score (nSPS) is 14.2. The Balaban J connectivity index is 2.04. The molecule has 0 radical (unpaired) electrons. The van der Waals surface area contributed by atoms with Crippen LogP contribution in [0.25, 0.3) is 11.4 Å². The summed E-state index contributed by atoms with van der Waals surface area (Å²) in [4.78, 5) is 9.24. The highest BCUT2D eigenvalue weighted by atomic mass is 79.9. The highest BCUT2D eigenvalue weighted by Crippen LogP contribution is 2.40. The molecule has 1 aromatic carbocycles. The molecule has 0 atom stereocenters. The number of anilines is 1. The molecule has 0 saturated heterocycles. The first kappa shape index (κ1) is 13.4. The summed E-state index contributed by atoms with van der Waals surface area (Å²) in [6.07, 6.45) is 2.46. The van der Waals surface area contributed by atoms with Gasteiger partial charge in [0, 0.05) is 30.3 Å². The standard InChI is InChI=1S/C15H16BrN3O/c1-17-14-8-12(9-3-4-9)18-15(19-14)10-5-6-13(20-2)11(16)7-10/h5-9H,3-4H2,1-2H3,(H,17,18,19). The Labute approximate surface area is 126 Å². The van der Waals surface area contributed by atoms with Gasteiger partial charge in [-0.15, -0.1) is 0 Å². The first-order chi connectivity index (χ1) is 9.71. The minimum Gasteiger partial charge on any atom is -0.496 e. The van der Waals surface area contributed by atoms with Crippen LogP contribution in [0.4, 0.5) is 5.82 Å². The lowest BCUT2D eigenvalue weighted by atomic mass is 10.2. The van der Waals surface area contributed by atoms with Crippen molar-refractivity contribution in [1.82, 2.24) is 9.97 Å². The fourth-order valence-corrected chi connectivity index (χ4v) is 2.66. The van der Waals surface area contributed by atoms with Crippen molar-refractivity contribution in [3.63, 3.8) is 0 Å². The van der Waals surface area contributed by atoms with Crippen molar-refractivity contribution in [2.75, 3.05) is 19.5 Å². The van der Waals surface area contributed by atoms with Gasteiger partial charge >= 0.3 is 0 Å². The molecule has 0 amide bonds. The average molecular weight is 334 g/mol. The molecule has 4 nitrogen and oxygen atoms in total. The van der Waals surface area contributed by atoms with Gasteiger partial charge in [0.25, 0.3) is 0 Å². The smallest absolute Gasteiger partial charge is 0.161 e. The van der Waals surface area contributed by atoms with Crippen LogP contribution in [-0.2, 0) is 0 Å². The van der Waals surface area contributed by atoms with Crippen LogP contribution in [0.5, 0.6) is 5.75 Å². The minimum absolute atomic E-state index is 0.602. The van der Waals surface area contributed by atoms with Gasteiger partial charge in [0.15, 0.2) is 5.82 Å². The lowest BCUT2D eigenvalue weighted by Crippen LogP contribution is -2.00. The predicted molar refractivity (Wildman–Crippen MR) is 83.2 cm³/mol. The van der Waals surface area contributed by atoms with Gasteiger partial charge in [-0.1, -0.05) is 0 Å². The van der Waals surface area contributed by atoms with Gasteiger partial charge in [0.2, 0.25) is 0 Å². The number of halogens is 1. The number of aromatic nitrogens is 2. The largest absolute Gasteiger partial charge is 0.496 e. The second-order valence-corrected chi connectivity index (χ2v) is 5.73. The SMILES string of the molecule is CNc1cc(C2CC2)nc(-c2ccc(OC)c(Br)c2)n1. The zero-order chi connectivity index (χ0) is 14.1. The van der Waals surface area contributed by atoms with Gasteiger partial charge in [0.1, 0.15) is 11.6 Å². The molecule has 1 heterocycles. The number of rotatable bonds is 4. The van der Waals surface area contributed by atoms with Crippen LogP contribution in [0.2, 0.25) is 0 Å². The first-order valence-corrected chi connectivity index (χ1v) is 7.41. The lowest BCUT2D eigenvalue weighted by molar-refractivity contribution is 0.412. The molecule has 0 bridgehead atoms. The maximum atomic E-state index is 5.25. The Morgan fingerprint density at radius 1 is 1.25 bits per heavy atom. The second kappa shape index (κ2) is 5.40. The number of methoxy groups -OCH3 is 1. The monoisotopic (exact) mass is 333 g/mol. The maximum absolute atomic E-state index is 5.25. The summed E-state index contributed by atoms with van der Waals surface area (Å²) in [7, 11) is 3.54. The molecule has 20 heavy (non-hydrogen) atoms.